The standard InChI is InChI=1S/C15H20N4O3/c1-9-6-10(7-12-11(9)8-16-19-12)17-14(22)18-15(2,3)5-4-13(20)21/h6-8H,4-5H2,1-3H3,(H,16,19)(H,20,21)(H2,17,18,22). The number of hydrogen-bond acceptors (Lipinski definition) is 3. The number of nitrogens with one attached hydrogen (secondary N) is 3. The number of H-pyrrole nitrogens is 1. The lowest BCUT2D eigenvalue weighted by Crippen LogP contribution is -2.45. The van der Waals surface area contributed by atoms with Gasteiger partial charge in [0, 0.05) is 23.0 Å². The average molecular weight is 304 g/mol. The quantitative estimate of drug-likeness (QED) is 0.681. The van der Waals surface area contributed by atoms with E-state index in [-0.39, 0.29) is 12.5 Å². The molecule has 2 amide bonds. The number of aliphatic carboxylic acids is 1. The summed E-state index contributed by atoms with van der Waals surface area (Å²) in [6, 6.07) is 3.30. The minimum atomic E-state index is -0.879. The number of anilines is 1. The number of urea groups is 1. The molecule has 0 spiro atoms. The molecule has 22 heavy (non-hydrogen) atoms. The molecule has 0 radical (unpaired) electrons. The summed E-state index contributed by atoms with van der Waals surface area (Å²) in [5, 5.41) is 22.1. The zero-order chi connectivity index (χ0) is 16.3. The highest BCUT2D eigenvalue weighted by molar-refractivity contribution is 5.93. The lowest BCUT2D eigenvalue weighted by atomic mass is 9.99. The number of fused-ring (bicyclic) bond motifs is 1. The van der Waals surface area contributed by atoms with Crippen molar-refractivity contribution in [3.05, 3.63) is 23.9 Å². The van der Waals surface area contributed by atoms with Crippen molar-refractivity contribution in [2.45, 2.75) is 39.2 Å². The minimum Gasteiger partial charge on any atom is -0.481 e. The lowest BCUT2D eigenvalue weighted by molar-refractivity contribution is -0.137. The maximum absolute atomic E-state index is 12.1. The molecule has 0 saturated heterocycles. The van der Waals surface area contributed by atoms with Crippen LogP contribution in [0.3, 0.4) is 0 Å². The summed E-state index contributed by atoms with van der Waals surface area (Å²) in [6.07, 6.45) is 2.10. The predicted octanol–water partition coefficient (Wildman–Crippen LogP) is 2.64. The van der Waals surface area contributed by atoms with Crippen LogP contribution in [0.1, 0.15) is 32.3 Å². The van der Waals surface area contributed by atoms with Crippen LogP contribution in [0, 0.1) is 6.92 Å². The van der Waals surface area contributed by atoms with Gasteiger partial charge in [-0.3, -0.25) is 9.89 Å². The molecule has 2 rings (SSSR count). The molecule has 0 atom stereocenters. The number of carbonyl (C=O) groups excluding carboxylic acids is 1. The Morgan fingerprint density at radius 1 is 1.36 bits per heavy atom. The highest BCUT2D eigenvalue weighted by Crippen LogP contribution is 2.21. The average Bonchev–Trinajstić information content (AvgIpc) is 2.84. The molecule has 0 bridgehead atoms. The van der Waals surface area contributed by atoms with Crippen molar-refractivity contribution in [3.63, 3.8) is 0 Å². The number of hydrogen-bond donors (Lipinski definition) is 4. The van der Waals surface area contributed by atoms with Gasteiger partial charge in [0.2, 0.25) is 0 Å². The van der Waals surface area contributed by atoms with E-state index in [1.165, 1.54) is 0 Å². The lowest BCUT2D eigenvalue weighted by Gasteiger charge is -2.25. The molecule has 1 aromatic heterocycles. The topological polar surface area (TPSA) is 107 Å². The Labute approximate surface area is 128 Å². The number of aromatic amines is 1. The van der Waals surface area contributed by atoms with Crippen LogP contribution < -0.4 is 10.6 Å². The molecule has 0 aliphatic rings. The Balaban J connectivity index is 2.02. The molecule has 7 heteroatoms. The zero-order valence-corrected chi connectivity index (χ0v) is 12.9. The summed E-state index contributed by atoms with van der Waals surface area (Å²) in [7, 11) is 0. The van der Waals surface area contributed by atoms with Crippen molar-refractivity contribution in [3.8, 4) is 0 Å². The molecule has 0 saturated carbocycles. The molecule has 7 nitrogen and oxygen atoms in total. The van der Waals surface area contributed by atoms with Gasteiger partial charge >= 0.3 is 12.0 Å². The Hall–Kier alpha value is -2.57. The fourth-order valence-electron chi connectivity index (χ4n) is 2.25. The van der Waals surface area contributed by atoms with Crippen molar-refractivity contribution in [2.75, 3.05) is 5.32 Å². The zero-order valence-electron chi connectivity index (χ0n) is 12.9. The van der Waals surface area contributed by atoms with Gasteiger partial charge in [0.1, 0.15) is 0 Å². The van der Waals surface area contributed by atoms with E-state index in [4.69, 9.17) is 5.11 Å². The van der Waals surface area contributed by atoms with E-state index < -0.39 is 11.5 Å². The molecular weight excluding hydrogens is 284 g/mol. The molecule has 118 valence electrons. The number of carboxylic acid groups (broad SMARTS) is 1. The smallest absolute Gasteiger partial charge is 0.319 e. The van der Waals surface area contributed by atoms with Crippen LogP contribution in [0.4, 0.5) is 10.5 Å². The molecule has 0 unspecified atom stereocenters. The first-order valence-electron chi connectivity index (χ1n) is 7.01. The summed E-state index contributed by atoms with van der Waals surface area (Å²) in [4.78, 5) is 22.7. The normalized spacial score (nSPS) is 11.4. The van der Waals surface area contributed by atoms with Gasteiger partial charge in [0.25, 0.3) is 0 Å². The number of rotatable bonds is 5. The fourth-order valence-corrected chi connectivity index (χ4v) is 2.25. The van der Waals surface area contributed by atoms with E-state index in [0.29, 0.717) is 12.1 Å². The molecule has 0 aliphatic carbocycles. The highest BCUT2D eigenvalue weighted by atomic mass is 16.4. The highest BCUT2D eigenvalue weighted by Gasteiger charge is 2.21. The van der Waals surface area contributed by atoms with Crippen LogP contribution in [-0.4, -0.2) is 32.8 Å². The number of carboxylic acids is 1. The van der Waals surface area contributed by atoms with E-state index >= 15 is 0 Å². The van der Waals surface area contributed by atoms with Gasteiger partial charge in [-0.25, -0.2) is 4.79 Å². The monoisotopic (exact) mass is 304 g/mol. The van der Waals surface area contributed by atoms with Gasteiger partial charge in [-0.15, -0.1) is 0 Å². The molecule has 1 heterocycles. The summed E-state index contributed by atoms with van der Waals surface area (Å²) in [5.74, 6) is -0.879. The Kier molecular flexibility index (Phi) is 4.35. The number of benzene rings is 1. The van der Waals surface area contributed by atoms with Crippen molar-refractivity contribution in [1.29, 1.82) is 0 Å². The molecule has 2 aromatic rings. The predicted molar refractivity (Wildman–Crippen MR) is 83.9 cm³/mol. The number of aromatic nitrogens is 2. The Morgan fingerprint density at radius 3 is 2.77 bits per heavy atom. The fraction of sp³-hybridized carbons (Fsp3) is 0.400. The van der Waals surface area contributed by atoms with E-state index in [2.05, 4.69) is 20.8 Å². The van der Waals surface area contributed by atoms with Gasteiger partial charge in [0.15, 0.2) is 0 Å². The Morgan fingerprint density at radius 2 is 2.09 bits per heavy atom. The number of aryl methyl sites for hydroxylation is 1. The van der Waals surface area contributed by atoms with E-state index in [9.17, 15) is 9.59 Å². The largest absolute Gasteiger partial charge is 0.481 e. The molecule has 0 fully saturated rings. The number of carbonyl (C=O) groups is 2. The molecular formula is C15H20N4O3. The number of nitrogens with zero attached hydrogens (tertiary/aromatic N) is 1. The number of amides is 2. The van der Waals surface area contributed by atoms with Gasteiger partial charge in [-0.2, -0.15) is 5.10 Å². The SMILES string of the molecule is Cc1cc(NC(=O)NC(C)(C)CCC(=O)O)cc2[nH]ncc12. The van der Waals surface area contributed by atoms with Crippen LogP contribution in [-0.2, 0) is 4.79 Å². The molecule has 1 aromatic carbocycles. The summed E-state index contributed by atoms with van der Waals surface area (Å²) >= 11 is 0. The van der Waals surface area contributed by atoms with Crippen LogP contribution in [0.5, 0.6) is 0 Å². The second kappa shape index (κ2) is 6.05. The van der Waals surface area contributed by atoms with E-state index in [0.717, 1.165) is 16.5 Å². The minimum absolute atomic E-state index is 0.00644. The summed E-state index contributed by atoms with van der Waals surface area (Å²) < 4.78 is 0. The molecule has 4 N–H and O–H groups in total. The molecule has 0 aliphatic heterocycles. The van der Waals surface area contributed by atoms with Gasteiger partial charge in [-0.1, -0.05) is 0 Å². The first-order valence-corrected chi connectivity index (χ1v) is 7.01. The second-order valence-corrected chi connectivity index (χ2v) is 5.98. The summed E-state index contributed by atoms with van der Waals surface area (Å²) in [5.41, 5.74) is 1.91. The van der Waals surface area contributed by atoms with E-state index in [1.54, 1.807) is 26.1 Å². The maximum atomic E-state index is 12.1. The van der Waals surface area contributed by atoms with Gasteiger partial charge in [-0.05, 0) is 44.9 Å². The first kappa shape index (κ1) is 15.8. The third kappa shape index (κ3) is 3.97. The van der Waals surface area contributed by atoms with Crippen LogP contribution in [0.15, 0.2) is 18.3 Å². The van der Waals surface area contributed by atoms with Crippen molar-refractivity contribution in [2.24, 2.45) is 0 Å². The van der Waals surface area contributed by atoms with Crippen molar-refractivity contribution >= 4 is 28.6 Å². The third-order valence-electron chi connectivity index (χ3n) is 3.44. The third-order valence-corrected chi connectivity index (χ3v) is 3.44. The van der Waals surface area contributed by atoms with Crippen LogP contribution in [0.2, 0.25) is 0 Å². The van der Waals surface area contributed by atoms with Crippen LogP contribution in [0.25, 0.3) is 10.9 Å². The van der Waals surface area contributed by atoms with Gasteiger partial charge in [0.05, 0.1) is 11.7 Å². The van der Waals surface area contributed by atoms with Crippen molar-refractivity contribution in [1.82, 2.24) is 15.5 Å². The Bertz CT molecular complexity index is 706. The second-order valence-electron chi connectivity index (χ2n) is 5.98. The van der Waals surface area contributed by atoms with Crippen molar-refractivity contribution < 1.29 is 14.7 Å². The first-order chi connectivity index (χ1) is 10.3. The van der Waals surface area contributed by atoms with Gasteiger partial charge < -0.3 is 15.7 Å². The van der Waals surface area contributed by atoms with Crippen LogP contribution >= 0.6 is 0 Å². The summed E-state index contributed by atoms with van der Waals surface area (Å²) in [6.45, 7) is 5.52. The van der Waals surface area contributed by atoms with E-state index in [1.807, 2.05) is 13.0 Å². The maximum Gasteiger partial charge on any atom is 0.319 e.